The topological polar surface area (TPSA) is 99.9 Å². The van der Waals surface area contributed by atoms with Crippen LogP contribution in [0.2, 0.25) is 0 Å². The zero-order valence-electron chi connectivity index (χ0n) is 19.4. The molecule has 1 aliphatic heterocycles. The summed E-state index contributed by atoms with van der Waals surface area (Å²) < 4.78 is 10.3. The van der Waals surface area contributed by atoms with Crippen molar-refractivity contribution in [2.24, 2.45) is 0 Å². The van der Waals surface area contributed by atoms with Crippen LogP contribution >= 0.6 is 0 Å². The molecule has 0 unspecified atom stereocenters. The number of amides is 2. The molecule has 9 heteroatoms. The zero-order valence-corrected chi connectivity index (χ0v) is 19.4. The Balaban J connectivity index is 1.29. The largest absolute Gasteiger partial charge is 0.497 e. The molecule has 0 saturated carbocycles. The van der Waals surface area contributed by atoms with Gasteiger partial charge in [-0.15, -0.1) is 0 Å². The fourth-order valence-corrected chi connectivity index (χ4v) is 3.88. The number of hydrogen-bond acceptors (Lipinski definition) is 7. The molecule has 9 nitrogen and oxygen atoms in total. The average Bonchev–Trinajstić information content (AvgIpc) is 3.25. The van der Waals surface area contributed by atoms with Gasteiger partial charge in [-0.25, -0.2) is 0 Å². The molecule has 2 heterocycles. The minimum absolute atomic E-state index is 0.148. The third-order valence-corrected chi connectivity index (χ3v) is 5.69. The van der Waals surface area contributed by atoms with Gasteiger partial charge in [0, 0.05) is 44.5 Å². The van der Waals surface area contributed by atoms with Crippen LogP contribution in [0, 0.1) is 6.92 Å². The number of anilines is 2. The number of rotatable bonds is 8. The first-order valence-corrected chi connectivity index (χ1v) is 11.2. The number of aromatic nitrogens is 1. The molecule has 1 fully saturated rings. The lowest BCUT2D eigenvalue weighted by Gasteiger charge is -2.33. The summed E-state index contributed by atoms with van der Waals surface area (Å²) in [6, 6.07) is 16.0. The predicted octanol–water partition coefficient (Wildman–Crippen LogP) is 3.00. The van der Waals surface area contributed by atoms with Crippen molar-refractivity contribution >= 4 is 23.2 Å². The van der Waals surface area contributed by atoms with E-state index in [2.05, 4.69) is 25.6 Å². The van der Waals surface area contributed by atoms with Gasteiger partial charge in [0.25, 0.3) is 5.91 Å². The Kier molecular flexibility index (Phi) is 7.56. The maximum Gasteiger partial charge on any atom is 0.257 e. The molecule has 4 rings (SSSR count). The van der Waals surface area contributed by atoms with Gasteiger partial charge in [0.15, 0.2) is 0 Å². The first-order chi connectivity index (χ1) is 16.5. The van der Waals surface area contributed by atoms with E-state index in [0.717, 1.165) is 44.2 Å². The van der Waals surface area contributed by atoms with Gasteiger partial charge in [-0.1, -0.05) is 17.3 Å². The monoisotopic (exact) mass is 463 g/mol. The van der Waals surface area contributed by atoms with Crippen molar-refractivity contribution in [3.63, 3.8) is 0 Å². The Bertz CT molecular complexity index is 1120. The van der Waals surface area contributed by atoms with E-state index in [-0.39, 0.29) is 18.4 Å². The van der Waals surface area contributed by atoms with Crippen molar-refractivity contribution in [1.29, 1.82) is 0 Å². The average molecular weight is 464 g/mol. The number of carbonyl (C=O) groups excluding carboxylic acids is 2. The fraction of sp³-hybridized carbons (Fsp3) is 0.320. The second-order valence-electron chi connectivity index (χ2n) is 8.26. The Hall–Kier alpha value is -3.69. The quantitative estimate of drug-likeness (QED) is 0.530. The number of benzene rings is 2. The molecule has 0 radical (unpaired) electrons. The molecule has 2 amide bonds. The van der Waals surface area contributed by atoms with Crippen LogP contribution in [-0.2, 0) is 11.3 Å². The van der Waals surface area contributed by atoms with E-state index in [1.165, 1.54) is 0 Å². The van der Waals surface area contributed by atoms with Crippen LogP contribution in [0.15, 0.2) is 59.1 Å². The summed E-state index contributed by atoms with van der Waals surface area (Å²) in [7, 11) is 1.59. The second kappa shape index (κ2) is 11.0. The lowest BCUT2D eigenvalue weighted by atomic mass is 10.1. The highest BCUT2D eigenvalue weighted by Gasteiger charge is 2.21. The van der Waals surface area contributed by atoms with Crippen LogP contribution in [-0.4, -0.2) is 66.6 Å². The molecule has 2 aromatic carbocycles. The number of aryl methyl sites for hydroxylation is 1. The molecule has 2 N–H and O–H groups in total. The first-order valence-electron chi connectivity index (χ1n) is 11.2. The third-order valence-electron chi connectivity index (χ3n) is 5.69. The highest BCUT2D eigenvalue weighted by Crippen LogP contribution is 2.20. The van der Waals surface area contributed by atoms with Crippen molar-refractivity contribution in [1.82, 2.24) is 15.0 Å². The summed E-state index contributed by atoms with van der Waals surface area (Å²) in [6.45, 7) is 6.15. The smallest absolute Gasteiger partial charge is 0.257 e. The SMILES string of the molecule is COc1ccc(NC(=O)c2ccccc2NC(=O)CN2CCN(Cc3cc(C)on3)CC2)cc1. The molecule has 34 heavy (non-hydrogen) atoms. The van der Waals surface area contributed by atoms with Gasteiger partial charge in [-0.05, 0) is 43.3 Å². The van der Waals surface area contributed by atoms with Gasteiger partial charge in [0.1, 0.15) is 11.5 Å². The predicted molar refractivity (Wildman–Crippen MR) is 129 cm³/mol. The molecular formula is C25H29N5O4. The van der Waals surface area contributed by atoms with E-state index in [1.807, 2.05) is 13.0 Å². The summed E-state index contributed by atoms with van der Waals surface area (Å²) in [5.74, 6) is 1.08. The number of nitrogens with zero attached hydrogens (tertiary/aromatic N) is 3. The van der Waals surface area contributed by atoms with E-state index in [1.54, 1.807) is 55.6 Å². The number of ether oxygens (including phenoxy) is 1. The van der Waals surface area contributed by atoms with E-state index in [0.29, 0.717) is 22.7 Å². The zero-order chi connectivity index (χ0) is 23.9. The van der Waals surface area contributed by atoms with Crippen LogP contribution in [0.5, 0.6) is 5.75 Å². The van der Waals surface area contributed by atoms with E-state index in [4.69, 9.17) is 9.26 Å². The number of hydrogen-bond donors (Lipinski definition) is 2. The Morgan fingerprint density at radius 1 is 1.00 bits per heavy atom. The molecule has 0 atom stereocenters. The Morgan fingerprint density at radius 3 is 2.38 bits per heavy atom. The molecule has 1 aromatic heterocycles. The standard InChI is InChI=1S/C25H29N5O4/c1-18-15-20(28-34-18)16-29-11-13-30(14-12-29)17-24(31)27-23-6-4-3-5-22(23)25(32)26-19-7-9-21(33-2)10-8-19/h3-10,15H,11-14,16-17H2,1-2H3,(H,26,32)(H,27,31). The van der Waals surface area contributed by atoms with Crippen LogP contribution < -0.4 is 15.4 Å². The van der Waals surface area contributed by atoms with Crippen LogP contribution in [0.3, 0.4) is 0 Å². The summed E-state index contributed by atoms with van der Waals surface area (Å²) in [5, 5.41) is 9.80. The third kappa shape index (κ3) is 6.21. The first kappa shape index (κ1) is 23.5. The summed E-state index contributed by atoms with van der Waals surface area (Å²) in [5.41, 5.74) is 2.46. The molecule has 178 valence electrons. The van der Waals surface area contributed by atoms with Crippen LogP contribution in [0.4, 0.5) is 11.4 Å². The van der Waals surface area contributed by atoms with Crippen molar-refractivity contribution in [3.8, 4) is 5.75 Å². The van der Waals surface area contributed by atoms with Gasteiger partial charge in [-0.2, -0.15) is 0 Å². The molecule has 0 spiro atoms. The van der Waals surface area contributed by atoms with Crippen molar-refractivity contribution < 1.29 is 18.8 Å². The minimum Gasteiger partial charge on any atom is -0.497 e. The van der Waals surface area contributed by atoms with Gasteiger partial charge in [0.2, 0.25) is 5.91 Å². The van der Waals surface area contributed by atoms with E-state index in [9.17, 15) is 9.59 Å². The highest BCUT2D eigenvalue weighted by molar-refractivity contribution is 6.10. The lowest BCUT2D eigenvalue weighted by molar-refractivity contribution is -0.117. The van der Waals surface area contributed by atoms with Gasteiger partial charge >= 0.3 is 0 Å². The van der Waals surface area contributed by atoms with Gasteiger partial charge in [-0.3, -0.25) is 19.4 Å². The van der Waals surface area contributed by atoms with Crippen molar-refractivity contribution in [2.45, 2.75) is 13.5 Å². The van der Waals surface area contributed by atoms with Crippen LogP contribution in [0.1, 0.15) is 21.8 Å². The molecule has 0 aliphatic carbocycles. The van der Waals surface area contributed by atoms with Gasteiger partial charge in [0.05, 0.1) is 30.6 Å². The van der Waals surface area contributed by atoms with E-state index < -0.39 is 0 Å². The number of nitrogens with one attached hydrogen (secondary N) is 2. The maximum absolute atomic E-state index is 12.8. The molecule has 1 aliphatic rings. The fourth-order valence-electron chi connectivity index (χ4n) is 3.88. The summed E-state index contributed by atoms with van der Waals surface area (Å²) >= 11 is 0. The number of piperazine rings is 1. The second-order valence-corrected chi connectivity index (χ2v) is 8.26. The number of para-hydroxylation sites is 1. The maximum atomic E-state index is 12.8. The highest BCUT2D eigenvalue weighted by atomic mass is 16.5. The summed E-state index contributed by atoms with van der Waals surface area (Å²) in [4.78, 5) is 30.0. The summed E-state index contributed by atoms with van der Waals surface area (Å²) in [6.07, 6.45) is 0. The molecule has 3 aromatic rings. The molecule has 0 bridgehead atoms. The van der Waals surface area contributed by atoms with Crippen LogP contribution in [0.25, 0.3) is 0 Å². The van der Waals surface area contributed by atoms with E-state index >= 15 is 0 Å². The van der Waals surface area contributed by atoms with Crippen molar-refractivity contribution in [3.05, 3.63) is 71.6 Å². The molecule has 1 saturated heterocycles. The number of methoxy groups -OCH3 is 1. The minimum atomic E-state index is -0.294. The lowest BCUT2D eigenvalue weighted by Crippen LogP contribution is -2.48. The molecular weight excluding hydrogens is 434 g/mol. The Morgan fingerprint density at radius 2 is 1.71 bits per heavy atom. The van der Waals surface area contributed by atoms with Crippen molar-refractivity contribution in [2.75, 3.05) is 50.5 Å². The normalized spacial score (nSPS) is 14.5. The van der Waals surface area contributed by atoms with Gasteiger partial charge < -0.3 is 19.9 Å². The Labute approximate surface area is 198 Å². The number of carbonyl (C=O) groups is 2.